The zero-order valence-corrected chi connectivity index (χ0v) is 17.5. The molecule has 7 nitrogen and oxygen atoms in total. The second kappa shape index (κ2) is 6.62. The number of aromatic nitrogens is 2. The van der Waals surface area contributed by atoms with Gasteiger partial charge in [0.15, 0.2) is 5.69 Å². The third kappa shape index (κ3) is 3.53. The number of rotatable bonds is 3. The summed E-state index contributed by atoms with van der Waals surface area (Å²) in [4.78, 5) is 33.8. The molecule has 2 fully saturated rings. The molecule has 0 radical (unpaired) electrons. The van der Waals surface area contributed by atoms with Crippen LogP contribution in [-0.2, 0) is 4.74 Å². The lowest BCUT2D eigenvalue weighted by Gasteiger charge is -2.29. The Morgan fingerprint density at radius 2 is 1.93 bits per heavy atom. The lowest BCUT2D eigenvalue weighted by Crippen LogP contribution is -2.38. The van der Waals surface area contributed by atoms with Gasteiger partial charge in [-0.25, -0.2) is 14.6 Å². The molecule has 0 spiro atoms. The Hall–Kier alpha value is -2.35. The van der Waals surface area contributed by atoms with Crippen molar-refractivity contribution in [2.45, 2.75) is 51.3 Å². The van der Waals surface area contributed by atoms with Gasteiger partial charge in [0.2, 0.25) is 0 Å². The summed E-state index contributed by atoms with van der Waals surface area (Å²) in [6.45, 7) is 5.50. The number of carbonyl (C=O) groups excluding carboxylic acids is 1. The number of carboxylic acid groups (broad SMARTS) is 1. The molecule has 1 aliphatic heterocycles. The van der Waals surface area contributed by atoms with Gasteiger partial charge in [-0.05, 0) is 51.7 Å². The van der Waals surface area contributed by atoms with E-state index in [-0.39, 0.29) is 23.9 Å². The standard InChI is InChI=1S/C20H22BrN3O4/c1-20(2,3)28-19(27)24-13-8-11(13)9-14(24)17-22-15(16(23-17)18(25)26)10-4-6-12(21)7-5-10/h4-7,11,13-14H,8-9H2,1-3H3,(H,22,23)(H,25,26)/t11-,13-,14+/m1/s1. The highest BCUT2D eigenvalue weighted by atomic mass is 79.9. The molecule has 1 saturated heterocycles. The number of H-pyrrole nitrogens is 1. The van der Waals surface area contributed by atoms with Crippen molar-refractivity contribution >= 4 is 28.0 Å². The maximum absolute atomic E-state index is 12.8. The third-order valence-electron chi connectivity index (χ3n) is 5.08. The van der Waals surface area contributed by atoms with Gasteiger partial charge >= 0.3 is 12.1 Å². The Kier molecular flexibility index (Phi) is 4.49. The summed E-state index contributed by atoms with van der Waals surface area (Å²) in [5, 5.41) is 9.64. The number of imidazole rings is 1. The number of fused-ring (bicyclic) bond motifs is 1. The number of benzene rings is 1. The molecular weight excluding hydrogens is 426 g/mol. The van der Waals surface area contributed by atoms with E-state index >= 15 is 0 Å². The molecule has 3 atom stereocenters. The molecule has 1 aromatic heterocycles. The zero-order chi connectivity index (χ0) is 20.2. The summed E-state index contributed by atoms with van der Waals surface area (Å²) in [6.07, 6.45) is 1.35. The van der Waals surface area contributed by atoms with E-state index in [1.165, 1.54) is 0 Å². The molecule has 1 saturated carbocycles. The number of likely N-dealkylation sites (tertiary alicyclic amines) is 1. The molecule has 1 aromatic carbocycles. The van der Waals surface area contributed by atoms with Crippen molar-refractivity contribution in [3.05, 3.63) is 40.3 Å². The van der Waals surface area contributed by atoms with Crippen molar-refractivity contribution in [1.29, 1.82) is 0 Å². The highest BCUT2D eigenvalue weighted by Crippen LogP contribution is 2.53. The summed E-state index contributed by atoms with van der Waals surface area (Å²) in [7, 11) is 0. The lowest BCUT2D eigenvalue weighted by atomic mass is 10.1. The van der Waals surface area contributed by atoms with E-state index in [1.54, 1.807) is 4.90 Å². The van der Waals surface area contributed by atoms with Crippen LogP contribution in [0.25, 0.3) is 11.3 Å². The van der Waals surface area contributed by atoms with Gasteiger partial charge in [-0.1, -0.05) is 28.1 Å². The molecule has 1 amide bonds. The van der Waals surface area contributed by atoms with Crippen molar-refractivity contribution in [3.8, 4) is 11.3 Å². The highest BCUT2D eigenvalue weighted by molar-refractivity contribution is 9.10. The Balaban J connectivity index is 1.69. The minimum absolute atomic E-state index is 0.0297. The fraction of sp³-hybridized carbons (Fsp3) is 0.450. The van der Waals surface area contributed by atoms with E-state index in [1.807, 2.05) is 45.0 Å². The molecule has 0 bridgehead atoms. The number of aromatic carboxylic acids is 1. The molecule has 2 heterocycles. The fourth-order valence-electron chi connectivity index (χ4n) is 3.80. The smallest absolute Gasteiger partial charge is 0.411 e. The number of piperidine rings is 1. The number of ether oxygens (including phenoxy) is 1. The molecule has 2 N–H and O–H groups in total. The largest absolute Gasteiger partial charge is 0.477 e. The number of hydrogen-bond acceptors (Lipinski definition) is 4. The molecule has 4 rings (SSSR count). The highest BCUT2D eigenvalue weighted by Gasteiger charge is 2.56. The van der Waals surface area contributed by atoms with Gasteiger partial charge in [-0.2, -0.15) is 0 Å². The number of nitrogens with zero attached hydrogens (tertiary/aromatic N) is 2. The normalized spacial score (nSPS) is 23.4. The van der Waals surface area contributed by atoms with Crippen LogP contribution in [0.2, 0.25) is 0 Å². The summed E-state index contributed by atoms with van der Waals surface area (Å²) in [6, 6.07) is 7.15. The van der Waals surface area contributed by atoms with E-state index < -0.39 is 11.6 Å². The second-order valence-corrected chi connectivity index (χ2v) is 9.28. The Morgan fingerprint density at radius 1 is 1.25 bits per heavy atom. The van der Waals surface area contributed by atoms with Crippen LogP contribution < -0.4 is 0 Å². The van der Waals surface area contributed by atoms with Crippen LogP contribution >= 0.6 is 15.9 Å². The first kappa shape index (κ1) is 19.0. The molecule has 8 heteroatoms. The predicted molar refractivity (Wildman–Crippen MR) is 106 cm³/mol. The average Bonchev–Trinajstić information content (AvgIpc) is 3.04. The molecule has 2 aromatic rings. The van der Waals surface area contributed by atoms with Crippen molar-refractivity contribution in [1.82, 2.24) is 14.9 Å². The summed E-state index contributed by atoms with van der Waals surface area (Å²) in [5.74, 6) is -0.163. The number of nitrogens with one attached hydrogen (secondary N) is 1. The molecular formula is C20H22BrN3O4. The zero-order valence-electron chi connectivity index (χ0n) is 15.9. The minimum Gasteiger partial charge on any atom is -0.477 e. The van der Waals surface area contributed by atoms with Crippen LogP contribution in [0.4, 0.5) is 4.79 Å². The topological polar surface area (TPSA) is 95.5 Å². The number of carbonyl (C=O) groups is 2. The average molecular weight is 448 g/mol. The maximum Gasteiger partial charge on any atom is 0.411 e. The van der Waals surface area contributed by atoms with Gasteiger partial charge < -0.3 is 14.8 Å². The Morgan fingerprint density at radius 3 is 2.54 bits per heavy atom. The Labute approximate surface area is 171 Å². The third-order valence-corrected chi connectivity index (χ3v) is 5.61. The predicted octanol–water partition coefficient (Wildman–Crippen LogP) is 4.61. The first-order valence-electron chi connectivity index (χ1n) is 9.24. The second-order valence-electron chi connectivity index (χ2n) is 8.36. The van der Waals surface area contributed by atoms with Crippen molar-refractivity contribution in [2.75, 3.05) is 0 Å². The van der Waals surface area contributed by atoms with Crippen LogP contribution in [0.1, 0.15) is 56.0 Å². The molecule has 0 unspecified atom stereocenters. The van der Waals surface area contributed by atoms with Crippen LogP contribution in [0.15, 0.2) is 28.7 Å². The van der Waals surface area contributed by atoms with E-state index in [2.05, 4.69) is 25.9 Å². The van der Waals surface area contributed by atoms with Gasteiger partial charge in [-0.15, -0.1) is 0 Å². The monoisotopic (exact) mass is 447 g/mol. The van der Waals surface area contributed by atoms with E-state index in [4.69, 9.17) is 4.74 Å². The molecule has 1 aliphatic carbocycles. The quantitative estimate of drug-likeness (QED) is 0.715. The van der Waals surface area contributed by atoms with E-state index in [0.717, 1.165) is 17.3 Å². The van der Waals surface area contributed by atoms with Gasteiger partial charge in [0.1, 0.15) is 17.1 Å². The number of halogens is 1. The first-order chi connectivity index (χ1) is 13.1. The number of carboxylic acids is 1. The number of hydrogen-bond donors (Lipinski definition) is 2. The molecule has 2 aliphatic rings. The SMILES string of the molecule is CC(C)(C)OC(=O)N1[C@@H]2C[C@@H]2C[C@H]1c1nc(-c2ccc(Br)cc2)c(C(=O)O)[nH]1. The molecule has 148 valence electrons. The van der Waals surface area contributed by atoms with Crippen molar-refractivity contribution in [3.63, 3.8) is 0 Å². The minimum atomic E-state index is -1.08. The van der Waals surface area contributed by atoms with E-state index in [0.29, 0.717) is 23.0 Å². The fourth-order valence-corrected chi connectivity index (χ4v) is 4.06. The number of aromatic amines is 1. The van der Waals surface area contributed by atoms with Gasteiger partial charge in [-0.3, -0.25) is 4.90 Å². The Bertz CT molecular complexity index is 932. The van der Waals surface area contributed by atoms with Gasteiger partial charge in [0.25, 0.3) is 0 Å². The van der Waals surface area contributed by atoms with Gasteiger partial charge in [0, 0.05) is 16.1 Å². The van der Waals surface area contributed by atoms with Crippen LogP contribution in [0, 0.1) is 5.92 Å². The lowest BCUT2D eigenvalue weighted by molar-refractivity contribution is 0.0175. The van der Waals surface area contributed by atoms with Crippen LogP contribution in [-0.4, -0.2) is 43.7 Å². The van der Waals surface area contributed by atoms with Crippen molar-refractivity contribution < 1.29 is 19.4 Å². The number of amides is 1. The molecule has 28 heavy (non-hydrogen) atoms. The van der Waals surface area contributed by atoms with Crippen molar-refractivity contribution in [2.24, 2.45) is 5.92 Å². The summed E-state index contributed by atoms with van der Waals surface area (Å²) < 4.78 is 6.48. The summed E-state index contributed by atoms with van der Waals surface area (Å²) >= 11 is 3.38. The van der Waals surface area contributed by atoms with E-state index in [9.17, 15) is 14.7 Å². The van der Waals surface area contributed by atoms with Crippen LogP contribution in [0.5, 0.6) is 0 Å². The van der Waals surface area contributed by atoms with Crippen LogP contribution in [0.3, 0.4) is 0 Å². The summed E-state index contributed by atoms with van der Waals surface area (Å²) in [5.41, 5.74) is 0.517. The maximum atomic E-state index is 12.8. The first-order valence-corrected chi connectivity index (χ1v) is 10.0. The van der Waals surface area contributed by atoms with Gasteiger partial charge in [0.05, 0.1) is 6.04 Å².